The number of rotatable bonds is 6. The van der Waals surface area contributed by atoms with E-state index < -0.39 is 20.7 Å². The molecule has 9 heteroatoms. The first-order valence-electron chi connectivity index (χ1n) is 7.14. The zero-order chi connectivity index (χ0) is 18.6. The molecule has 0 bridgehead atoms. The zero-order valence-corrected chi connectivity index (χ0v) is 14.4. The van der Waals surface area contributed by atoms with Crippen molar-refractivity contribution >= 4 is 27.1 Å². The van der Waals surface area contributed by atoms with Crippen LogP contribution in [0.5, 0.6) is 5.75 Å². The van der Waals surface area contributed by atoms with Crippen molar-refractivity contribution in [1.82, 2.24) is 0 Å². The van der Waals surface area contributed by atoms with Crippen LogP contribution in [0.15, 0.2) is 47.4 Å². The summed E-state index contributed by atoms with van der Waals surface area (Å²) in [6, 6.07) is 9.81. The molecule has 0 spiro atoms. The second kappa shape index (κ2) is 7.31. The third-order valence-electron chi connectivity index (χ3n) is 3.32. The molecule has 0 saturated heterocycles. The maximum absolute atomic E-state index is 11.9. The number of ether oxygens (including phenoxy) is 1. The number of hydrogen-bond donors (Lipinski definition) is 1. The largest absolute Gasteiger partial charge is 0.484 e. The van der Waals surface area contributed by atoms with Crippen LogP contribution in [0.1, 0.15) is 5.56 Å². The molecule has 0 heterocycles. The molecule has 2 aromatic carbocycles. The van der Waals surface area contributed by atoms with Gasteiger partial charge in [0, 0.05) is 24.1 Å². The second-order valence-corrected chi connectivity index (χ2v) is 7.35. The monoisotopic (exact) mass is 364 g/mol. The lowest BCUT2D eigenvalue weighted by molar-refractivity contribution is -0.384. The number of carbonyl (C=O) groups excluding carboxylic acids is 1. The van der Waals surface area contributed by atoms with E-state index in [9.17, 15) is 23.3 Å². The van der Waals surface area contributed by atoms with Crippen LogP contribution in [0.25, 0.3) is 0 Å². The van der Waals surface area contributed by atoms with Gasteiger partial charge in [-0.15, -0.1) is 0 Å². The molecule has 1 N–H and O–H groups in total. The fraction of sp³-hybridized carbons (Fsp3) is 0.188. The highest BCUT2D eigenvalue weighted by Crippen LogP contribution is 2.21. The molecule has 132 valence electrons. The first-order valence-corrected chi connectivity index (χ1v) is 9.04. The summed E-state index contributed by atoms with van der Waals surface area (Å²) in [7, 11) is -3.29. The molecular weight excluding hydrogens is 348 g/mol. The van der Waals surface area contributed by atoms with Crippen molar-refractivity contribution in [2.75, 3.05) is 18.2 Å². The third kappa shape index (κ3) is 5.01. The summed E-state index contributed by atoms with van der Waals surface area (Å²) < 4.78 is 28.0. The van der Waals surface area contributed by atoms with Crippen LogP contribution in [0.3, 0.4) is 0 Å². The zero-order valence-electron chi connectivity index (χ0n) is 13.6. The summed E-state index contributed by atoms with van der Waals surface area (Å²) in [6.07, 6.45) is 1.10. The van der Waals surface area contributed by atoms with Gasteiger partial charge >= 0.3 is 0 Å². The van der Waals surface area contributed by atoms with Crippen molar-refractivity contribution in [3.8, 4) is 5.75 Å². The maximum Gasteiger partial charge on any atom is 0.269 e. The molecule has 0 aliphatic rings. The normalized spacial score (nSPS) is 11.0. The van der Waals surface area contributed by atoms with Crippen LogP contribution in [-0.2, 0) is 14.6 Å². The van der Waals surface area contributed by atoms with Gasteiger partial charge < -0.3 is 10.1 Å². The average Bonchev–Trinajstić information content (AvgIpc) is 2.54. The molecule has 0 unspecified atom stereocenters. The quantitative estimate of drug-likeness (QED) is 0.621. The Morgan fingerprint density at radius 1 is 1.20 bits per heavy atom. The number of nitrogens with zero attached hydrogens (tertiary/aromatic N) is 1. The molecule has 0 fully saturated rings. The molecule has 2 rings (SSSR count). The Balaban J connectivity index is 1.96. The molecule has 2 aromatic rings. The average molecular weight is 364 g/mol. The molecule has 0 aromatic heterocycles. The van der Waals surface area contributed by atoms with E-state index in [1.165, 1.54) is 42.5 Å². The minimum absolute atomic E-state index is 0.0577. The van der Waals surface area contributed by atoms with E-state index in [1.807, 2.05) is 0 Å². The van der Waals surface area contributed by atoms with Gasteiger partial charge in [0.2, 0.25) is 0 Å². The number of nitro benzene ring substituents is 1. The topological polar surface area (TPSA) is 116 Å². The Bertz CT molecular complexity index is 907. The lowest BCUT2D eigenvalue weighted by Gasteiger charge is -2.10. The minimum Gasteiger partial charge on any atom is -0.484 e. The molecule has 25 heavy (non-hydrogen) atoms. The maximum atomic E-state index is 11.9. The highest BCUT2D eigenvalue weighted by Gasteiger charge is 2.11. The minimum atomic E-state index is -3.29. The summed E-state index contributed by atoms with van der Waals surface area (Å²) in [5.74, 6) is -0.0906. The Labute approximate surface area is 144 Å². The van der Waals surface area contributed by atoms with Gasteiger partial charge in [-0.1, -0.05) is 0 Å². The number of carbonyl (C=O) groups is 1. The van der Waals surface area contributed by atoms with Gasteiger partial charge in [0.05, 0.1) is 9.82 Å². The van der Waals surface area contributed by atoms with Crippen LogP contribution in [0.4, 0.5) is 11.4 Å². The van der Waals surface area contributed by atoms with E-state index in [1.54, 1.807) is 6.92 Å². The molecular formula is C16H16N2O6S. The van der Waals surface area contributed by atoms with Crippen LogP contribution in [0.2, 0.25) is 0 Å². The number of non-ortho nitro benzene ring substituents is 1. The van der Waals surface area contributed by atoms with Gasteiger partial charge in [-0.3, -0.25) is 14.9 Å². The molecule has 0 saturated carbocycles. The van der Waals surface area contributed by atoms with Gasteiger partial charge in [-0.2, -0.15) is 0 Å². The van der Waals surface area contributed by atoms with Crippen molar-refractivity contribution in [3.63, 3.8) is 0 Å². The Morgan fingerprint density at radius 2 is 1.84 bits per heavy atom. The highest BCUT2D eigenvalue weighted by atomic mass is 32.2. The second-order valence-electron chi connectivity index (χ2n) is 5.34. The number of benzene rings is 2. The van der Waals surface area contributed by atoms with Crippen LogP contribution >= 0.6 is 0 Å². The van der Waals surface area contributed by atoms with E-state index in [0.29, 0.717) is 17.0 Å². The standard InChI is InChI=1S/C16H16N2O6S/c1-11-9-12(18(20)21)3-8-15(11)17-16(19)10-24-13-4-6-14(7-5-13)25(2,22)23/h3-9H,10H2,1-2H3,(H,17,19). The van der Waals surface area contributed by atoms with Gasteiger partial charge in [-0.05, 0) is 42.8 Å². The van der Waals surface area contributed by atoms with E-state index >= 15 is 0 Å². The van der Waals surface area contributed by atoms with E-state index in [-0.39, 0.29) is 17.2 Å². The smallest absolute Gasteiger partial charge is 0.269 e. The van der Waals surface area contributed by atoms with Gasteiger partial charge in [0.15, 0.2) is 16.4 Å². The van der Waals surface area contributed by atoms with E-state index in [2.05, 4.69) is 5.32 Å². The summed E-state index contributed by atoms with van der Waals surface area (Å²) in [5.41, 5.74) is 0.949. The molecule has 0 aliphatic carbocycles. The summed E-state index contributed by atoms with van der Waals surface area (Å²) in [4.78, 5) is 22.3. The Hall–Kier alpha value is -2.94. The molecule has 0 radical (unpaired) electrons. The first kappa shape index (κ1) is 18.4. The van der Waals surface area contributed by atoms with E-state index in [4.69, 9.17) is 4.74 Å². The summed E-state index contributed by atoms with van der Waals surface area (Å²) in [6.45, 7) is 1.36. The lowest BCUT2D eigenvalue weighted by atomic mass is 10.2. The molecule has 0 atom stereocenters. The van der Waals surface area contributed by atoms with Crippen molar-refractivity contribution < 1.29 is 22.9 Å². The van der Waals surface area contributed by atoms with Crippen molar-refractivity contribution in [3.05, 3.63) is 58.1 Å². The number of hydrogen-bond acceptors (Lipinski definition) is 6. The van der Waals surface area contributed by atoms with Crippen molar-refractivity contribution in [1.29, 1.82) is 0 Å². The van der Waals surface area contributed by atoms with Crippen LogP contribution in [0, 0.1) is 17.0 Å². The fourth-order valence-corrected chi connectivity index (χ4v) is 2.65. The summed E-state index contributed by atoms with van der Waals surface area (Å²) in [5, 5.41) is 13.3. The predicted octanol–water partition coefficient (Wildman–Crippen LogP) is 2.32. The van der Waals surface area contributed by atoms with Gasteiger partial charge in [0.1, 0.15) is 5.75 Å². The number of aryl methyl sites for hydroxylation is 1. The SMILES string of the molecule is Cc1cc([N+](=O)[O-])ccc1NC(=O)COc1ccc(S(C)(=O)=O)cc1. The van der Waals surface area contributed by atoms with Gasteiger partial charge in [-0.25, -0.2) is 8.42 Å². The predicted molar refractivity (Wildman–Crippen MR) is 91.5 cm³/mol. The Kier molecular flexibility index (Phi) is 5.38. The Morgan fingerprint density at radius 3 is 2.36 bits per heavy atom. The molecule has 0 aliphatic heterocycles. The third-order valence-corrected chi connectivity index (χ3v) is 4.45. The fourth-order valence-electron chi connectivity index (χ4n) is 2.02. The highest BCUT2D eigenvalue weighted by molar-refractivity contribution is 7.90. The number of nitro groups is 1. The number of anilines is 1. The van der Waals surface area contributed by atoms with Gasteiger partial charge in [0.25, 0.3) is 11.6 Å². The van der Waals surface area contributed by atoms with E-state index in [0.717, 1.165) is 6.26 Å². The summed E-state index contributed by atoms with van der Waals surface area (Å²) >= 11 is 0. The molecule has 1 amide bonds. The first-order chi connectivity index (χ1) is 11.7. The van der Waals surface area contributed by atoms with Crippen LogP contribution in [-0.4, -0.2) is 32.1 Å². The number of sulfone groups is 1. The number of amides is 1. The van der Waals surface area contributed by atoms with Crippen LogP contribution < -0.4 is 10.1 Å². The molecule has 8 nitrogen and oxygen atoms in total. The van der Waals surface area contributed by atoms with Crippen molar-refractivity contribution in [2.24, 2.45) is 0 Å². The van der Waals surface area contributed by atoms with Crippen molar-refractivity contribution in [2.45, 2.75) is 11.8 Å². The number of nitrogens with one attached hydrogen (secondary N) is 1. The lowest BCUT2D eigenvalue weighted by Crippen LogP contribution is -2.20.